The molecular formula is C18H23FN2. The van der Waals surface area contributed by atoms with Gasteiger partial charge in [0.2, 0.25) is 0 Å². The van der Waals surface area contributed by atoms with Gasteiger partial charge in [-0.15, -0.1) is 0 Å². The highest BCUT2D eigenvalue weighted by Gasteiger charge is 2.17. The van der Waals surface area contributed by atoms with Gasteiger partial charge < -0.3 is 10.2 Å². The first-order valence-electron chi connectivity index (χ1n) is 7.26. The highest BCUT2D eigenvalue weighted by molar-refractivity contribution is 5.56. The molecule has 112 valence electrons. The number of aryl methyl sites for hydroxylation is 1. The third-order valence-corrected chi connectivity index (χ3v) is 3.92. The van der Waals surface area contributed by atoms with Gasteiger partial charge in [0.05, 0.1) is 6.04 Å². The summed E-state index contributed by atoms with van der Waals surface area (Å²) in [4.78, 5) is 2.13. The quantitative estimate of drug-likeness (QED) is 0.892. The van der Waals surface area contributed by atoms with Gasteiger partial charge in [0, 0.05) is 24.8 Å². The molecular weight excluding hydrogens is 263 g/mol. The summed E-state index contributed by atoms with van der Waals surface area (Å²) in [6.45, 7) is 4.91. The lowest BCUT2D eigenvalue weighted by Crippen LogP contribution is -2.24. The fourth-order valence-corrected chi connectivity index (χ4v) is 2.62. The first-order chi connectivity index (χ1) is 10.0. The molecule has 0 aliphatic carbocycles. The van der Waals surface area contributed by atoms with Gasteiger partial charge in [-0.2, -0.15) is 0 Å². The smallest absolute Gasteiger partial charge is 0.128 e. The van der Waals surface area contributed by atoms with E-state index in [4.69, 9.17) is 0 Å². The molecule has 21 heavy (non-hydrogen) atoms. The van der Waals surface area contributed by atoms with Gasteiger partial charge in [0.15, 0.2) is 0 Å². The normalized spacial score (nSPS) is 12.2. The van der Waals surface area contributed by atoms with Crippen molar-refractivity contribution in [2.45, 2.75) is 26.4 Å². The SMILES string of the molecule is CNCc1cc(C)ccc1N(C)C(C)c1ccccc1F. The predicted octanol–water partition coefficient (Wildman–Crippen LogP) is 4.05. The Bertz CT molecular complexity index is 610. The van der Waals surface area contributed by atoms with Gasteiger partial charge in [-0.1, -0.05) is 35.9 Å². The Balaban J connectivity index is 2.35. The highest BCUT2D eigenvalue weighted by atomic mass is 19.1. The second kappa shape index (κ2) is 6.72. The molecule has 0 saturated carbocycles. The predicted molar refractivity (Wildman–Crippen MR) is 87.2 cm³/mol. The summed E-state index contributed by atoms with van der Waals surface area (Å²) in [5, 5.41) is 3.20. The maximum atomic E-state index is 14.0. The topological polar surface area (TPSA) is 15.3 Å². The first-order valence-corrected chi connectivity index (χ1v) is 7.26. The Labute approximate surface area is 126 Å². The Morgan fingerprint density at radius 3 is 2.57 bits per heavy atom. The van der Waals surface area contributed by atoms with E-state index < -0.39 is 0 Å². The molecule has 0 fully saturated rings. The third kappa shape index (κ3) is 3.42. The first kappa shape index (κ1) is 15.5. The molecule has 2 aromatic rings. The van der Waals surface area contributed by atoms with Gasteiger partial charge in [-0.05, 0) is 38.6 Å². The van der Waals surface area contributed by atoms with Crippen molar-refractivity contribution >= 4 is 5.69 Å². The second-order valence-corrected chi connectivity index (χ2v) is 5.47. The molecule has 1 atom stereocenters. The van der Waals surface area contributed by atoms with Crippen LogP contribution in [-0.4, -0.2) is 14.1 Å². The number of nitrogens with zero attached hydrogens (tertiary/aromatic N) is 1. The molecule has 0 radical (unpaired) electrons. The lowest BCUT2D eigenvalue weighted by Gasteiger charge is -2.30. The zero-order chi connectivity index (χ0) is 15.4. The summed E-state index contributed by atoms with van der Waals surface area (Å²) in [6.07, 6.45) is 0. The standard InChI is InChI=1S/C18H23FN2/c1-13-9-10-18(15(11-13)12-20-3)21(4)14(2)16-7-5-6-8-17(16)19/h5-11,14,20H,12H2,1-4H3. The van der Waals surface area contributed by atoms with Crippen LogP contribution in [0.15, 0.2) is 42.5 Å². The zero-order valence-corrected chi connectivity index (χ0v) is 13.2. The average Bonchev–Trinajstić information content (AvgIpc) is 2.47. The van der Waals surface area contributed by atoms with Gasteiger partial charge in [0.25, 0.3) is 0 Å². The molecule has 0 saturated heterocycles. The lowest BCUT2D eigenvalue weighted by molar-refractivity contribution is 0.584. The molecule has 0 heterocycles. The average molecular weight is 286 g/mol. The summed E-state index contributed by atoms with van der Waals surface area (Å²) >= 11 is 0. The van der Waals surface area contributed by atoms with E-state index in [-0.39, 0.29) is 11.9 Å². The number of hydrogen-bond donors (Lipinski definition) is 1. The summed E-state index contributed by atoms with van der Waals surface area (Å²) in [7, 11) is 3.95. The van der Waals surface area contributed by atoms with Crippen molar-refractivity contribution in [1.82, 2.24) is 5.32 Å². The minimum Gasteiger partial charge on any atom is -0.367 e. The molecule has 0 bridgehead atoms. The molecule has 0 aliphatic rings. The van der Waals surface area contributed by atoms with Crippen molar-refractivity contribution in [3.05, 3.63) is 65.0 Å². The number of anilines is 1. The van der Waals surface area contributed by atoms with Gasteiger partial charge in [-0.3, -0.25) is 0 Å². The van der Waals surface area contributed by atoms with E-state index in [1.165, 1.54) is 17.2 Å². The van der Waals surface area contributed by atoms with Crippen molar-refractivity contribution in [1.29, 1.82) is 0 Å². The molecule has 1 N–H and O–H groups in total. The Morgan fingerprint density at radius 1 is 1.19 bits per heavy atom. The monoisotopic (exact) mass is 286 g/mol. The summed E-state index contributed by atoms with van der Waals surface area (Å²) in [5.41, 5.74) is 4.31. The molecule has 3 heteroatoms. The molecule has 2 aromatic carbocycles. The molecule has 0 aromatic heterocycles. The highest BCUT2D eigenvalue weighted by Crippen LogP contribution is 2.30. The minimum atomic E-state index is -0.154. The van der Waals surface area contributed by atoms with Crippen molar-refractivity contribution in [3.63, 3.8) is 0 Å². The Morgan fingerprint density at radius 2 is 1.90 bits per heavy atom. The van der Waals surface area contributed by atoms with E-state index in [1.54, 1.807) is 6.07 Å². The second-order valence-electron chi connectivity index (χ2n) is 5.47. The summed E-state index contributed by atoms with van der Waals surface area (Å²) < 4.78 is 14.0. The van der Waals surface area contributed by atoms with Gasteiger partial charge >= 0.3 is 0 Å². The summed E-state index contributed by atoms with van der Waals surface area (Å²) in [6, 6.07) is 13.3. The van der Waals surface area contributed by atoms with Crippen LogP contribution in [0.25, 0.3) is 0 Å². The van der Waals surface area contributed by atoms with Crippen LogP contribution in [-0.2, 0) is 6.54 Å². The van der Waals surface area contributed by atoms with Crippen molar-refractivity contribution in [3.8, 4) is 0 Å². The van der Waals surface area contributed by atoms with E-state index >= 15 is 0 Å². The van der Waals surface area contributed by atoms with E-state index in [9.17, 15) is 4.39 Å². The fraction of sp³-hybridized carbons (Fsp3) is 0.333. The number of nitrogens with one attached hydrogen (secondary N) is 1. The van der Waals surface area contributed by atoms with Crippen LogP contribution in [0.4, 0.5) is 10.1 Å². The van der Waals surface area contributed by atoms with Crippen LogP contribution in [0.5, 0.6) is 0 Å². The fourth-order valence-electron chi connectivity index (χ4n) is 2.62. The maximum Gasteiger partial charge on any atom is 0.128 e. The van der Waals surface area contributed by atoms with Crippen molar-refractivity contribution in [2.75, 3.05) is 19.0 Å². The maximum absolute atomic E-state index is 14.0. The lowest BCUT2D eigenvalue weighted by atomic mass is 10.0. The van der Waals surface area contributed by atoms with Crippen LogP contribution < -0.4 is 10.2 Å². The minimum absolute atomic E-state index is 0.0236. The van der Waals surface area contributed by atoms with Crippen molar-refractivity contribution in [2.24, 2.45) is 0 Å². The van der Waals surface area contributed by atoms with Crippen molar-refractivity contribution < 1.29 is 4.39 Å². The molecule has 0 amide bonds. The Hall–Kier alpha value is -1.87. The number of rotatable bonds is 5. The molecule has 0 spiro atoms. The third-order valence-electron chi connectivity index (χ3n) is 3.92. The van der Waals surface area contributed by atoms with Crippen LogP contribution in [0.2, 0.25) is 0 Å². The molecule has 2 nitrogen and oxygen atoms in total. The molecule has 1 unspecified atom stereocenters. The number of benzene rings is 2. The van der Waals surface area contributed by atoms with Crippen LogP contribution in [0.3, 0.4) is 0 Å². The summed E-state index contributed by atoms with van der Waals surface area (Å²) in [5.74, 6) is -0.154. The van der Waals surface area contributed by atoms with E-state index in [0.29, 0.717) is 0 Å². The zero-order valence-electron chi connectivity index (χ0n) is 13.2. The van der Waals surface area contributed by atoms with E-state index in [1.807, 2.05) is 33.2 Å². The number of halogens is 1. The molecule has 0 aliphatic heterocycles. The van der Waals surface area contributed by atoms with Crippen LogP contribution in [0, 0.1) is 12.7 Å². The largest absolute Gasteiger partial charge is 0.367 e. The van der Waals surface area contributed by atoms with Gasteiger partial charge in [0.1, 0.15) is 5.82 Å². The van der Waals surface area contributed by atoms with Crippen LogP contribution >= 0.6 is 0 Å². The van der Waals surface area contributed by atoms with E-state index in [2.05, 4.69) is 35.3 Å². The molecule has 2 rings (SSSR count). The Kier molecular flexibility index (Phi) is 4.97. The van der Waals surface area contributed by atoms with E-state index in [0.717, 1.165) is 17.8 Å². The van der Waals surface area contributed by atoms with Crippen LogP contribution in [0.1, 0.15) is 29.7 Å². The number of hydrogen-bond acceptors (Lipinski definition) is 2. The van der Waals surface area contributed by atoms with Gasteiger partial charge in [-0.25, -0.2) is 4.39 Å².